The van der Waals surface area contributed by atoms with Crippen LogP contribution in [0.25, 0.3) is 0 Å². The molecule has 0 spiro atoms. The van der Waals surface area contributed by atoms with Crippen molar-refractivity contribution < 1.29 is 0 Å². The molecule has 66 valence electrons. The molecule has 1 aromatic rings. The summed E-state index contributed by atoms with van der Waals surface area (Å²) in [5, 5.41) is 0.334. The summed E-state index contributed by atoms with van der Waals surface area (Å²) in [7, 11) is 0. The van der Waals surface area contributed by atoms with Gasteiger partial charge >= 0.3 is 0 Å². The zero-order valence-electron chi connectivity index (χ0n) is 7.43. The molecule has 2 N–H and O–H groups in total. The Hall–Kier alpha value is -0.830. The Morgan fingerprint density at radius 1 is 1.42 bits per heavy atom. The van der Waals surface area contributed by atoms with Crippen LogP contribution in [0.2, 0.25) is 5.15 Å². The number of anilines is 1. The molecule has 0 aliphatic carbocycles. The molecular formula is C8H12ClN3. The fourth-order valence-corrected chi connectivity index (χ4v) is 1.10. The first-order valence-electron chi connectivity index (χ1n) is 3.70. The van der Waals surface area contributed by atoms with E-state index in [1.165, 1.54) is 6.20 Å². The molecule has 0 bridgehead atoms. The molecule has 1 rings (SSSR count). The number of nitrogens with zero attached hydrogens (tertiary/aromatic N) is 2. The summed E-state index contributed by atoms with van der Waals surface area (Å²) in [4.78, 5) is 8.05. The summed E-state index contributed by atoms with van der Waals surface area (Å²) >= 11 is 5.61. The fraction of sp³-hybridized carbons (Fsp3) is 0.500. The van der Waals surface area contributed by atoms with E-state index in [2.05, 4.69) is 9.97 Å². The molecule has 0 amide bonds. The molecule has 1 heterocycles. The minimum atomic E-state index is -0.0817. The lowest BCUT2D eigenvalue weighted by molar-refractivity contribution is 0.569. The van der Waals surface area contributed by atoms with Gasteiger partial charge in [-0.1, -0.05) is 32.4 Å². The van der Waals surface area contributed by atoms with Crippen molar-refractivity contribution in [2.45, 2.75) is 26.2 Å². The SMILES string of the molecule is CC(C)(C)c1ncc(Cl)nc1N. The third-order valence-corrected chi connectivity index (χ3v) is 1.66. The lowest BCUT2D eigenvalue weighted by Crippen LogP contribution is -2.17. The maximum absolute atomic E-state index is 5.65. The van der Waals surface area contributed by atoms with Crippen LogP contribution in [0, 0.1) is 0 Å². The van der Waals surface area contributed by atoms with Crippen molar-refractivity contribution >= 4 is 17.4 Å². The van der Waals surface area contributed by atoms with Crippen LogP contribution >= 0.6 is 11.6 Å². The number of rotatable bonds is 0. The van der Waals surface area contributed by atoms with Gasteiger partial charge in [-0.3, -0.25) is 4.98 Å². The van der Waals surface area contributed by atoms with Crippen molar-refractivity contribution in [3.8, 4) is 0 Å². The lowest BCUT2D eigenvalue weighted by atomic mass is 9.92. The molecule has 12 heavy (non-hydrogen) atoms. The molecule has 0 aromatic carbocycles. The Morgan fingerprint density at radius 2 is 2.00 bits per heavy atom. The van der Waals surface area contributed by atoms with Gasteiger partial charge in [0.25, 0.3) is 0 Å². The normalized spacial score (nSPS) is 11.7. The smallest absolute Gasteiger partial charge is 0.149 e. The fourth-order valence-electron chi connectivity index (χ4n) is 0.959. The molecule has 0 unspecified atom stereocenters. The van der Waals surface area contributed by atoms with Crippen LogP contribution in [0.3, 0.4) is 0 Å². The maximum atomic E-state index is 5.65. The summed E-state index contributed by atoms with van der Waals surface area (Å²) in [6, 6.07) is 0. The second-order valence-corrected chi connectivity index (χ2v) is 4.06. The van der Waals surface area contributed by atoms with Gasteiger partial charge in [-0.05, 0) is 0 Å². The molecule has 0 radical (unpaired) electrons. The predicted octanol–water partition coefficient (Wildman–Crippen LogP) is 2.01. The minimum absolute atomic E-state index is 0.0817. The lowest BCUT2D eigenvalue weighted by Gasteiger charge is -2.18. The predicted molar refractivity (Wildman–Crippen MR) is 50.2 cm³/mol. The second-order valence-electron chi connectivity index (χ2n) is 3.68. The highest BCUT2D eigenvalue weighted by Crippen LogP contribution is 2.24. The Kier molecular flexibility index (Phi) is 2.24. The van der Waals surface area contributed by atoms with E-state index < -0.39 is 0 Å². The summed E-state index contributed by atoms with van der Waals surface area (Å²) in [6.07, 6.45) is 1.51. The average Bonchev–Trinajstić information content (AvgIpc) is 1.83. The molecule has 0 aliphatic heterocycles. The Balaban J connectivity index is 3.19. The number of hydrogen-bond donors (Lipinski definition) is 1. The minimum Gasteiger partial charge on any atom is -0.382 e. The van der Waals surface area contributed by atoms with Crippen LogP contribution < -0.4 is 5.73 Å². The molecule has 3 nitrogen and oxygen atoms in total. The van der Waals surface area contributed by atoms with Crippen molar-refractivity contribution in [1.29, 1.82) is 0 Å². The molecule has 0 fully saturated rings. The Morgan fingerprint density at radius 3 is 2.42 bits per heavy atom. The van der Waals surface area contributed by atoms with E-state index >= 15 is 0 Å². The number of nitrogen functional groups attached to an aromatic ring is 1. The first kappa shape index (κ1) is 9.26. The first-order chi connectivity index (χ1) is 5.41. The summed E-state index contributed by atoms with van der Waals surface area (Å²) in [5.74, 6) is 0.412. The van der Waals surface area contributed by atoms with Crippen LogP contribution in [0.1, 0.15) is 26.5 Å². The molecule has 0 saturated carbocycles. The van der Waals surface area contributed by atoms with Crippen LogP contribution in [0.5, 0.6) is 0 Å². The molecule has 0 saturated heterocycles. The van der Waals surface area contributed by atoms with Crippen molar-refractivity contribution in [1.82, 2.24) is 9.97 Å². The van der Waals surface area contributed by atoms with E-state index in [1.54, 1.807) is 0 Å². The molecule has 0 atom stereocenters. The van der Waals surface area contributed by atoms with Crippen molar-refractivity contribution in [3.63, 3.8) is 0 Å². The van der Waals surface area contributed by atoms with Crippen molar-refractivity contribution in [2.24, 2.45) is 0 Å². The number of aromatic nitrogens is 2. The van der Waals surface area contributed by atoms with E-state index in [9.17, 15) is 0 Å². The van der Waals surface area contributed by atoms with Gasteiger partial charge < -0.3 is 5.73 Å². The maximum Gasteiger partial charge on any atom is 0.149 e. The number of nitrogens with two attached hydrogens (primary N) is 1. The van der Waals surface area contributed by atoms with Gasteiger partial charge in [0.2, 0.25) is 0 Å². The zero-order chi connectivity index (χ0) is 9.35. The topological polar surface area (TPSA) is 51.8 Å². The molecule has 1 aromatic heterocycles. The summed E-state index contributed by atoms with van der Waals surface area (Å²) in [5.41, 5.74) is 6.35. The van der Waals surface area contributed by atoms with E-state index in [4.69, 9.17) is 17.3 Å². The number of hydrogen-bond acceptors (Lipinski definition) is 3. The van der Waals surface area contributed by atoms with Crippen LogP contribution in [0.4, 0.5) is 5.82 Å². The van der Waals surface area contributed by atoms with E-state index in [-0.39, 0.29) is 5.41 Å². The Labute approximate surface area is 77.0 Å². The second kappa shape index (κ2) is 2.90. The summed E-state index contributed by atoms with van der Waals surface area (Å²) in [6.45, 7) is 6.09. The number of halogens is 1. The molecule has 0 aliphatic rings. The van der Waals surface area contributed by atoms with Gasteiger partial charge in [-0.25, -0.2) is 4.98 Å². The standard InChI is InChI=1S/C8H12ClN3/c1-8(2,3)6-7(10)12-5(9)4-11-6/h4H,1-3H3,(H2,10,12). The largest absolute Gasteiger partial charge is 0.382 e. The van der Waals surface area contributed by atoms with Crippen molar-refractivity contribution in [2.75, 3.05) is 5.73 Å². The van der Waals surface area contributed by atoms with Gasteiger partial charge in [0.15, 0.2) is 0 Å². The van der Waals surface area contributed by atoms with E-state index in [0.717, 1.165) is 5.69 Å². The van der Waals surface area contributed by atoms with E-state index in [0.29, 0.717) is 11.0 Å². The molecular weight excluding hydrogens is 174 g/mol. The quantitative estimate of drug-likeness (QED) is 0.673. The first-order valence-corrected chi connectivity index (χ1v) is 4.07. The van der Waals surface area contributed by atoms with E-state index in [1.807, 2.05) is 20.8 Å². The van der Waals surface area contributed by atoms with Gasteiger partial charge in [-0.15, -0.1) is 0 Å². The third-order valence-electron chi connectivity index (χ3n) is 1.48. The summed E-state index contributed by atoms with van der Waals surface area (Å²) < 4.78 is 0. The third kappa shape index (κ3) is 1.85. The van der Waals surface area contributed by atoms with Gasteiger partial charge in [0, 0.05) is 5.41 Å². The monoisotopic (exact) mass is 185 g/mol. The van der Waals surface area contributed by atoms with Crippen molar-refractivity contribution in [3.05, 3.63) is 17.0 Å². The highest BCUT2D eigenvalue weighted by molar-refractivity contribution is 6.29. The highest BCUT2D eigenvalue weighted by atomic mass is 35.5. The van der Waals surface area contributed by atoms with Crippen LogP contribution in [-0.4, -0.2) is 9.97 Å². The highest BCUT2D eigenvalue weighted by Gasteiger charge is 2.19. The molecule has 4 heteroatoms. The van der Waals surface area contributed by atoms with Gasteiger partial charge in [-0.2, -0.15) is 0 Å². The van der Waals surface area contributed by atoms with Gasteiger partial charge in [0.05, 0.1) is 11.9 Å². The van der Waals surface area contributed by atoms with Crippen LogP contribution in [-0.2, 0) is 5.41 Å². The Bertz CT molecular complexity index is 291. The van der Waals surface area contributed by atoms with Crippen LogP contribution in [0.15, 0.2) is 6.20 Å². The zero-order valence-corrected chi connectivity index (χ0v) is 8.18. The van der Waals surface area contributed by atoms with Gasteiger partial charge in [0.1, 0.15) is 11.0 Å². The average molecular weight is 186 g/mol.